The van der Waals surface area contributed by atoms with Gasteiger partial charge in [0.15, 0.2) is 0 Å². The third-order valence-corrected chi connectivity index (χ3v) is 3.52. The van der Waals surface area contributed by atoms with Gasteiger partial charge in [-0.1, -0.05) is 18.5 Å². The minimum atomic E-state index is -0.0665. The minimum Gasteiger partial charge on any atom is -0.495 e. The molecule has 116 valence electrons. The molecule has 0 aliphatic heterocycles. The number of aromatic nitrogens is 1. The lowest BCUT2D eigenvalue weighted by molar-refractivity contribution is -0.115. The molecule has 0 bridgehead atoms. The van der Waals surface area contributed by atoms with Gasteiger partial charge in [0.1, 0.15) is 11.6 Å². The molecule has 0 atom stereocenters. The van der Waals surface area contributed by atoms with Crippen LogP contribution in [0.5, 0.6) is 5.75 Å². The molecule has 1 aromatic carbocycles. The largest absolute Gasteiger partial charge is 0.495 e. The first kappa shape index (κ1) is 16.1. The zero-order valence-electron chi connectivity index (χ0n) is 12.7. The molecule has 0 saturated carbocycles. The molecular weight excluding hydrogens is 302 g/mol. The van der Waals surface area contributed by atoms with Crippen LogP contribution in [0.3, 0.4) is 0 Å². The number of nitrogens with zero attached hydrogens (tertiary/aromatic N) is 1. The molecule has 0 unspecified atom stereocenters. The normalized spacial score (nSPS) is 10.2. The molecule has 6 heteroatoms. The second kappa shape index (κ2) is 7.13. The van der Waals surface area contributed by atoms with Crippen LogP contribution in [-0.2, 0) is 4.79 Å². The summed E-state index contributed by atoms with van der Waals surface area (Å²) in [6.07, 6.45) is 2.07. The molecule has 2 rings (SSSR count). The van der Waals surface area contributed by atoms with E-state index in [0.717, 1.165) is 16.9 Å². The Morgan fingerprint density at radius 1 is 1.36 bits per heavy atom. The molecule has 0 fully saturated rings. The number of carbonyl (C=O) groups is 1. The number of pyridine rings is 1. The van der Waals surface area contributed by atoms with Gasteiger partial charge in [0.25, 0.3) is 0 Å². The predicted octanol–water partition coefficient (Wildman–Crippen LogP) is 4.14. The third-order valence-electron chi connectivity index (χ3n) is 3.11. The van der Waals surface area contributed by atoms with Crippen LogP contribution in [0.1, 0.15) is 18.9 Å². The van der Waals surface area contributed by atoms with E-state index in [9.17, 15) is 4.79 Å². The molecule has 22 heavy (non-hydrogen) atoms. The number of hydrogen-bond donors (Lipinski definition) is 2. The molecule has 0 spiro atoms. The number of hydrogen-bond acceptors (Lipinski definition) is 4. The van der Waals surface area contributed by atoms with E-state index in [1.807, 2.05) is 19.1 Å². The third kappa shape index (κ3) is 3.89. The van der Waals surface area contributed by atoms with E-state index in [2.05, 4.69) is 15.6 Å². The summed E-state index contributed by atoms with van der Waals surface area (Å²) < 4.78 is 5.32. The van der Waals surface area contributed by atoms with Crippen molar-refractivity contribution in [3.05, 3.63) is 41.0 Å². The van der Waals surface area contributed by atoms with E-state index in [1.54, 1.807) is 32.4 Å². The number of rotatable bonds is 5. The first-order valence-electron chi connectivity index (χ1n) is 6.90. The fraction of sp³-hybridized carbons (Fsp3) is 0.250. The van der Waals surface area contributed by atoms with E-state index < -0.39 is 0 Å². The average Bonchev–Trinajstić information content (AvgIpc) is 2.52. The predicted molar refractivity (Wildman–Crippen MR) is 89.2 cm³/mol. The van der Waals surface area contributed by atoms with Crippen LogP contribution in [0.4, 0.5) is 17.2 Å². The number of methoxy groups -OCH3 is 1. The Kier molecular flexibility index (Phi) is 5.22. The number of anilines is 3. The Morgan fingerprint density at radius 2 is 2.14 bits per heavy atom. The first-order valence-corrected chi connectivity index (χ1v) is 7.28. The van der Waals surface area contributed by atoms with Crippen LogP contribution in [0.25, 0.3) is 0 Å². The number of benzene rings is 1. The van der Waals surface area contributed by atoms with Gasteiger partial charge in [0, 0.05) is 17.5 Å². The Balaban J connectivity index is 2.17. The molecular formula is C16H18ClN3O2. The van der Waals surface area contributed by atoms with Gasteiger partial charge < -0.3 is 15.4 Å². The SMILES string of the molecule is CCC(=O)Nc1ccc(Nc2cc(C)c(Cl)cc2OC)cn1. The van der Waals surface area contributed by atoms with E-state index in [-0.39, 0.29) is 5.91 Å². The van der Waals surface area contributed by atoms with E-state index in [1.165, 1.54) is 0 Å². The number of ether oxygens (including phenoxy) is 1. The van der Waals surface area contributed by atoms with Crippen LogP contribution in [0, 0.1) is 6.92 Å². The molecule has 0 aliphatic rings. The van der Waals surface area contributed by atoms with Gasteiger partial charge in [-0.05, 0) is 30.7 Å². The first-order chi connectivity index (χ1) is 10.5. The lowest BCUT2D eigenvalue weighted by Crippen LogP contribution is -2.10. The molecule has 0 aliphatic carbocycles. The van der Waals surface area contributed by atoms with Crippen molar-refractivity contribution >= 4 is 34.7 Å². The van der Waals surface area contributed by atoms with Gasteiger partial charge in [0.2, 0.25) is 5.91 Å². The second-order valence-corrected chi connectivity index (χ2v) is 5.17. The van der Waals surface area contributed by atoms with Crippen molar-refractivity contribution in [1.29, 1.82) is 0 Å². The Morgan fingerprint density at radius 3 is 2.73 bits per heavy atom. The topological polar surface area (TPSA) is 63.2 Å². The Bertz CT molecular complexity index is 672. The summed E-state index contributed by atoms with van der Waals surface area (Å²) in [5.41, 5.74) is 2.54. The monoisotopic (exact) mass is 319 g/mol. The maximum absolute atomic E-state index is 11.3. The van der Waals surface area contributed by atoms with Crippen molar-refractivity contribution in [2.75, 3.05) is 17.7 Å². The quantitative estimate of drug-likeness (QED) is 0.869. The number of halogens is 1. The van der Waals surface area contributed by atoms with Crippen molar-refractivity contribution in [1.82, 2.24) is 4.98 Å². The molecule has 2 N–H and O–H groups in total. The molecule has 0 saturated heterocycles. The van der Waals surface area contributed by atoms with Crippen molar-refractivity contribution in [3.8, 4) is 5.75 Å². The number of carbonyl (C=O) groups excluding carboxylic acids is 1. The summed E-state index contributed by atoms with van der Waals surface area (Å²) in [5, 5.41) is 6.58. The molecule has 2 aromatic rings. The second-order valence-electron chi connectivity index (χ2n) is 4.76. The van der Waals surface area contributed by atoms with Crippen molar-refractivity contribution in [2.45, 2.75) is 20.3 Å². The van der Waals surface area contributed by atoms with Crippen LogP contribution in [0.15, 0.2) is 30.5 Å². The fourth-order valence-corrected chi connectivity index (χ4v) is 2.01. The summed E-state index contributed by atoms with van der Waals surface area (Å²) in [6, 6.07) is 7.25. The van der Waals surface area contributed by atoms with E-state index in [0.29, 0.717) is 23.0 Å². The highest BCUT2D eigenvalue weighted by molar-refractivity contribution is 6.31. The standard InChI is InChI=1S/C16H18ClN3O2/c1-4-16(21)20-15-6-5-11(9-18-15)19-13-7-10(2)12(17)8-14(13)22-3/h5-9,19H,4H2,1-3H3,(H,18,20,21). The summed E-state index contributed by atoms with van der Waals surface area (Å²) in [4.78, 5) is 15.5. The maximum Gasteiger partial charge on any atom is 0.225 e. The van der Waals surface area contributed by atoms with Crippen molar-refractivity contribution in [2.24, 2.45) is 0 Å². The van der Waals surface area contributed by atoms with Gasteiger partial charge >= 0.3 is 0 Å². The van der Waals surface area contributed by atoms with Gasteiger partial charge in [-0.25, -0.2) is 4.98 Å². The average molecular weight is 320 g/mol. The molecule has 1 aromatic heterocycles. The van der Waals surface area contributed by atoms with Crippen molar-refractivity contribution in [3.63, 3.8) is 0 Å². The van der Waals surface area contributed by atoms with Gasteiger partial charge in [-0.15, -0.1) is 0 Å². The number of aryl methyl sites for hydroxylation is 1. The van der Waals surface area contributed by atoms with E-state index >= 15 is 0 Å². The molecule has 5 nitrogen and oxygen atoms in total. The molecule has 1 amide bonds. The summed E-state index contributed by atoms with van der Waals surface area (Å²) >= 11 is 6.09. The van der Waals surface area contributed by atoms with Gasteiger partial charge in [0.05, 0.1) is 24.7 Å². The molecule has 0 radical (unpaired) electrons. The number of amides is 1. The Labute approximate surface area is 134 Å². The van der Waals surface area contributed by atoms with Gasteiger partial charge in [-0.3, -0.25) is 4.79 Å². The Hall–Kier alpha value is -2.27. The van der Waals surface area contributed by atoms with Crippen LogP contribution < -0.4 is 15.4 Å². The zero-order valence-corrected chi connectivity index (χ0v) is 13.5. The summed E-state index contributed by atoms with van der Waals surface area (Å²) in [6.45, 7) is 3.72. The smallest absolute Gasteiger partial charge is 0.225 e. The van der Waals surface area contributed by atoms with Crippen molar-refractivity contribution < 1.29 is 9.53 Å². The van der Waals surface area contributed by atoms with E-state index in [4.69, 9.17) is 16.3 Å². The lowest BCUT2D eigenvalue weighted by Gasteiger charge is -2.13. The highest BCUT2D eigenvalue weighted by Gasteiger charge is 2.08. The minimum absolute atomic E-state index is 0.0665. The summed E-state index contributed by atoms with van der Waals surface area (Å²) in [7, 11) is 1.59. The highest BCUT2D eigenvalue weighted by Crippen LogP contribution is 2.32. The van der Waals surface area contributed by atoms with Crippen LogP contribution >= 0.6 is 11.6 Å². The van der Waals surface area contributed by atoms with Gasteiger partial charge in [-0.2, -0.15) is 0 Å². The highest BCUT2D eigenvalue weighted by atomic mass is 35.5. The fourth-order valence-electron chi connectivity index (χ4n) is 1.86. The number of nitrogens with one attached hydrogen (secondary N) is 2. The lowest BCUT2D eigenvalue weighted by atomic mass is 10.2. The zero-order chi connectivity index (χ0) is 16.1. The van der Waals surface area contributed by atoms with Crippen LogP contribution in [-0.4, -0.2) is 18.0 Å². The summed E-state index contributed by atoms with van der Waals surface area (Å²) in [5.74, 6) is 1.11. The van der Waals surface area contributed by atoms with Crippen LogP contribution in [0.2, 0.25) is 5.02 Å². The maximum atomic E-state index is 11.3. The molecule has 1 heterocycles.